The Labute approximate surface area is 130 Å². The van der Waals surface area contributed by atoms with Crippen LogP contribution in [0.3, 0.4) is 0 Å². The number of hydrogen-bond donors (Lipinski definition) is 0. The summed E-state index contributed by atoms with van der Waals surface area (Å²) in [4.78, 5) is 12.0. The fourth-order valence-corrected chi connectivity index (χ4v) is 2.08. The zero-order chi connectivity index (χ0) is 16.4. The van der Waals surface area contributed by atoms with Gasteiger partial charge in [-0.25, -0.2) is 0 Å². The molecule has 0 aliphatic heterocycles. The molecule has 1 atom stereocenters. The number of methoxy groups -OCH3 is 1. The normalized spacial score (nSPS) is 14.4. The molecule has 0 amide bonds. The largest absolute Gasteiger partial charge is 0.439 e. The molecule has 0 bridgehead atoms. The first-order valence-corrected chi connectivity index (χ1v) is 6.68. The smallest absolute Gasteiger partial charge is 0.349 e. The van der Waals surface area contributed by atoms with Gasteiger partial charge in [-0.3, -0.25) is 4.79 Å². The van der Waals surface area contributed by atoms with E-state index in [0.717, 1.165) is 18.2 Å². The molecule has 2 aromatic carbocycles. The highest BCUT2D eigenvalue weighted by Gasteiger charge is 2.60. The minimum absolute atomic E-state index is 0.172. The molecule has 0 radical (unpaired) electrons. The second-order valence-electron chi connectivity index (χ2n) is 4.57. The summed E-state index contributed by atoms with van der Waals surface area (Å²) in [6.45, 7) is 0. The lowest BCUT2D eigenvalue weighted by molar-refractivity contribution is -0.213. The number of carbonyl (C=O) groups is 1. The van der Waals surface area contributed by atoms with E-state index in [0.29, 0.717) is 0 Å². The number of Topliss-reactive ketones (excluding diaryl/α,β-unsaturated/α-hetero) is 1. The zero-order valence-electron chi connectivity index (χ0n) is 11.5. The molecule has 2 aromatic rings. The number of carbonyl (C=O) groups excluding carboxylic acids is 1. The van der Waals surface area contributed by atoms with Crippen LogP contribution in [0.5, 0.6) is 0 Å². The zero-order valence-corrected chi connectivity index (χ0v) is 12.3. The Morgan fingerprint density at radius 3 is 1.91 bits per heavy atom. The van der Waals surface area contributed by atoms with Gasteiger partial charge in [-0.1, -0.05) is 66.2 Å². The van der Waals surface area contributed by atoms with Crippen LogP contribution >= 0.6 is 11.6 Å². The highest BCUT2D eigenvalue weighted by atomic mass is 35.5. The van der Waals surface area contributed by atoms with Crippen molar-refractivity contribution in [3.63, 3.8) is 0 Å². The van der Waals surface area contributed by atoms with Crippen molar-refractivity contribution in [1.82, 2.24) is 0 Å². The van der Waals surface area contributed by atoms with Crippen LogP contribution in [0.4, 0.5) is 13.2 Å². The van der Waals surface area contributed by atoms with Crippen LogP contribution in [0.15, 0.2) is 54.6 Å². The van der Waals surface area contributed by atoms with Crippen molar-refractivity contribution in [2.45, 2.75) is 11.2 Å². The number of hydrogen-bond acceptors (Lipinski definition) is 2. The molecule has 0 N–H and O–H groups in total. The van der Waals surface area contributed by atoms with Gasteiger partial charge in [-0.05, 0) is 11.1 Å². The maximum absolute atomic E-state index is 12.9. The van der Waals surface area contributed by atoms with Crippen molar-refractivity contribution in [3.8, 4) is 11.1 Å². The van der Waals surface area contributed by atoms with Crippen LogP contribution in [-0.2, 0) is 4.74 Å². The van der Waals surface area contributed by atoms with Crippen LogP contribution in [0.1, 0.15) is 10.4 Å². The Bertz CT molecular complexity index is 653. The molecule has 6 heteroatoms. The molecule has 0 saturated heterocycles. The standard InChI is InChI=1S/C16H12ClF3O2/c1-22-15(17,16(18,19)20)14(21)13-9-7-12(8-10-13)11-5-3-2-4-6-11/h2-10H,1H3. The summed E-state index contributed by atoms with van der Waals surface area (Å²) in [5.41, 5.74) is 1.50. The summed E-state index contributed by atoms with van der Waals surface area (Å²) in [5, 5.41) is -3.37. The minimum atomic E-state index is -5.02. The summed E-state index contributed by atoms with van der Waals surface area (Å²) >= 11 is 5.34. The summed E-state index contributed by atoms with van der Waals surface area (Å²) in [7, 11) is 0.747. The molecule has 2 nitrogen and oxygen atoms in total. The SMILES string of the molecule is COC(Cl)(C(=O)c1ccc(-c2ccccc2)cc1)C(F)(F)F. The first-order chi connectivity index (χ1) is 10.3. The molecule has 1 unspecified atom stereocenters. The van der Waals surface area contributed by atoms with Gasteiger partial charge in [0.25, 0.3) is 0 Å². The van der Waals surface area contributed by atoms with E-state index in [1.165, 1.54) is 12.1 Å². The Kier molecular flexibility index (Phi) is 4.58. The van der Waals surface area contributed by atoms with Gasteiger partial charge in [0.1, 0.15) is 0 Å². The highest BCUT2D eigenvalue weighted by Crippen LogP contribution is 2.39. The minimum Gasteiger partial charge on any atom is -0.349 e. The van der Waals surface area contributed by atoms with Crippen molar-refractivity contribution in [1.29, 1.82) is 0 Å². The van der Waals surface area contributed by atoms with Gasteiger partial charge in [0, 0.05) is 12.7 Å². The fraction of sp³-hybridized carbons (Fsp3) is 0.188. The average Bonchev–Trinajstić information content (AvgIpc) is 2.53. The molecule has 0 saturated carbocycles. The predicted octanol–water partition coefficient (Wildman–Crippen LogP) is 4.68. The van der Waals surface area contributed by atoms with Crippen LogP contribution in [0.25, 0.3) is 11.1 Å². The highest BCUT2D eigenvalue weighted by molar-refractivity contribution is 6.37. The summed E-state index contributed by atoms with van der Waals surface area (Å²) in [6, 6.07) is 15.0. The second-order valence-corrected chi connectivity index (χ2v) is 5.10. The van der Waals surface area contributed by atoms with Crippen molar-refractivity contribution < 1.29 is 22.7 Å². The topological polar surface area (TPSA) is 26.3 Å². The Morgan fingerprint density at radius 1 is 0.955 bits per heavy atom. The first-order valence-electron chi connectivity index (χ1n) is 6.30. The lowest BCUT2D eigenvalue weighted by Crippen LogP contribution is -2.48. The van der Waals surface area contributed by atoms with E-state index in [-0.39, 0.29) is 5.56 Å². The summed E-state index contributed by atoms with van der Waals surface area (Å²) in [6.07, 6.45) is -5.02. The summed E-state index contributed by atoms with van der Waals surface area (Å²) < 4.78 is 42.9. The van der Waals surface area contributed by atoms with Crippen LogP contribution in [0, 0.1) is 0 Å². The van der Waals surface area contributed by atoms with Gasteiger partial charge in [0.05, 0.1) is 0 Å². The number of alkyl halides is 4. The van der Waals surface area contributed by atoms with Gasteiger partial charge in [-0.2, -0.15) is 13.2 Å². The van der Waals surface area contributed by atoms with Crippen LogP contribution < -0.4 is 0 Å². The maximum Gasteiger partial charge on any atom is 0.439 e. The monoisotopic (exact) mass is 328 g/mol. The van der Waals surface area contributed by atoms with Gasteiger partial charge in [0.2, 0.25) is 5.78 Å². The number of ether oxygens (including phenoxy) is 1. The van der Waals surface area contributed by atoms with E-state index < -0.39 is 17.0 Å². The molecule has 0 aliphatic carbocycles. The summed E-state index contributed by atoms with van der Waals surface area (Å²) in [5.74, 6) is -1.34. The van der Waals surface area contributed by atoms with E-state index in [1.807, 2.05) is 30.3 Å². The maximum atomic E-state index is 12.9. The Balaban J connectivity index is 2.33. The van der Waals surface area contributed by atoms with Gasteiger partial charge in [-0.15, -0.1) is 0 Å². The molecule has 0 aliphatic rings. The Hall–Kier alpha value is -1.85. The molecule has 0 heterocycles. The average molecular weight is 329 g/mol. The molecule has 0 aromatic heterocycles. The van der Waals surface area contributed by atoms with Crippen molar-refractivity contribution >= 4 is 17.4 Å². The van der Waals surface area contributed by atoms with E-state index >= 15 is 0 Å². The molecule has 116 valence electrons. The van der Waals surface area contributed by atoms with Crippen molar-refractivity contribution in [2.24, 2.45) is 0 Å². The van der Waals surface area contributed by atoms with E-state index in [1.54, 1.807) is 12.1 Å². The van der Waals surface area contributed by atoms with E-state index in [4.69, 9.17) is 11.6 Å². The van der Waals surface area contributed by atoms with Crippen LogP contribution in [0.2, 0.25) is 0 Å². The van der Waals surface area contributed by atoms with Crippen molar-refractivity contribution in [2.75, 3.05) is 7.11 Å². The van der Waals surface area contributed by atoms with Gasteiger partial charge < -0.3 is 4.74 Å². The lowest BCUT2D eigenvalue weighted by Gasteiger charge is -2.26. The first kappa shape index (κ1) is 16.5. The predicted molar refractivity (Wildman–Crippen MR) is 77.9 cm³/mol. The van der Waals surface area contributed by atoms with E-state index in [9.17, 15) is 18.0 Å². The lowest BCUT2D eigenvalue weighted by atomic mass is 10.00. The van der Waals surface area contributed by atoms with Gasteiger partial charge >= 0.3 is 11.2 Å². The molecule has 0 fully saturated rings. The molecular formula is C16H12ClF3O2. The molecular weight excluding hydrogens is 317 g/mol. The number of ketones is 1. The number of halogens is 4. The molecule has 0 spiro atoms. The third kappa shape index (κ3) is 3.00. The number of benzene rings is 2. The third-order valence-electron chi connectivity index (χ3n) is 3.19. The van der Waals surface area contributed by atoms with Crippen molar-refractivity contribution in [3.05, 3.63) is 60.2 Å². The third-order valence-corrected chi connectivity index (χ3v) is 3.73. The number of rotatable bonds is 4. The molecule has 2 rings (SSSR count). The van der Waals surface area contributed by atoms with Gasteiger partial charge in [0.15, 0.2) is 0 Å². The Morgan fingerprint density at radius 2 is 1.45 bits per heavy atom. The van der Waals surface area contributed by atoms with Crippen LogP contribution in [-0.4, -0.2) is 24.1 Å². The fourth-order valence-electron chi connectivity index (χ4n) is 1.97. The molecule has 22 heavy (non-hydrogen) atoms. The van der Waals surface area contributed by atoms with E-state index in [2.05, 4.69) is 4.74 Å². The quantitative estimate of drug-likeness (QED) is 0.601. The second kappa shape index (κ2) is 6.10.